The molecule has 23 heavy (non-hydrogen) atoms. The third kappa shape index (κ3) is 3.50. The Morgan fingerprint density at radius 2 is 2.13 bits per heavy atom. The minimum absolute atomic E-state index is 0.0552. The zero-order valence-electron chi connectivity index (χ0n) is 12.7. The van der Waals surface area contributed by atoms with Crippen molar-refractivity contribution in [1.82, 2.24) is 14.9 Å². The number of hydrogen-bond acceptors (Lipinski definition) is 5. The van der Waals surface area contributed by atoms with Crippen molar-refractivity contribution < 1.29 is 14.3 Å². The first kappa shape index (κ1) is 15.1. The number of nitrogens with zero attached hydrogens (tertiary/aromatic N) is 2. The first-order chi connectivity index (χ1) is 11.2. The third-order valence-corrected chi connectivity index (χ3v) is 3.54. The number of amides is 1. The number of rotatable bonds is 5. The topological polar surface area (TPSA) is 82.5 Å². The van der Waals surface area contributed by atoms with Gasteiger partial charge in [0, 0.05) is 18.3 Å². The maximum absolute atomic E-state index is 12.0. The highest BCUT2D eigenvalue weighted by atomic mass is 16.7. The van der Waals surface area contributed by atoms with Gasteiger partial charge in [0.05, 0.1) is 6.33 Å². The fourth-order valence-electron chi connectivity index (χ4n) is 2.24. The van der Waals surface area contributed by atoms with Crippen molar-refractivity contribution in [1.29, 1.82) is 0 Å². The number of carbonyl (C=O) groups is 1. The summed E-state index contributed by atoms with van der Waals surface area (Å²) in [6, 6.07) is 6.94. The molecule has 0 atom stereocenters. The van der Waals surface area contributed by atoms with Gasteiger partial charge in [-0.1, -0.05) is 13.0 Å². The lowest BCUT2D eigenvalue weighted by Crippen LogP contribution is -2.32. The summed E-state index contributed by atoms with van der Waals surface area (Å²) >= 11 is 0. The quantitative estimate of drug-likeness (QED) is 0.884. The molecule has 0 aliphatic carbocycles. The molecule has 0 saturated carbocycles. The second-order valence-electron chi connectivity index (χ2n) is 5.16. The van der Waals surface area contributed by atoms with Crippen LogP contribution in [0.2, 0.25) is 0 Å². The van der Waals surface area contributed by atoms with Crippen LogP contribution in [0.4, 0.5) is 0 Å². The molecular formula is C16H17N3O4. The van der Waals surface area contributed by atoms with Crippen LogP contribution in [0, 0.1) is 0 Å². The number of benzene rings is 1. The van der Waals surface area contributed by atoms with Gasteiger partial charge in [-0.3, -0.25) is 14.2 Å². The summed E-state index contributed by atoms with van der Waals surface area (Å²) in [7, 11) is 0. The molecule has 0 fully saturated rings. The van der Waals surface area contributed by atoms with Crippen LogP contribution in [0.25, 0.3) is 0 Å². The minimum Gasteiger partial charge on any atom is -0.454 e. The van der Waals surface area contributed by atoms with Gasteiger partial charge in [0.15, 0.2) is 11.5 Å². The van der Waals surface area contributed by atoms with E-state index >= 15 is 0 Å². The number of aromatic nitrogens is 2. The Morgan fingerprint density at radius 3 is 2.91 bits per heavy atom. The van der Waals surface area contributed by atoms with Crippen molar-refractivity contribution in [2.75, 3.05) is 6.79 Å². The number of fused-ring (bicyclic) bond motifs is 1. The van der Waals surface area contributed by atoms with Gasteiger partial charge in [-0.25, -0.2) is 4.98 Å². The Bertz CT molecular complexity index is 785. The molecule has 1 aromatic carbocycles. The lowest BCUT2D eigenvalue weighted by Gasteiger charge is -2.08. The fourth-order valence-corrected chi connectivity index (χ4v) is 2.24. The summed E-state index contributed by atoms with van der Waals surface area (Å²) in [6.07, 6.45) is 2.09. The zero-order valence-corrected chi connectivity index (χ0v) is 12.7. The second kappa shape index (κ2) is 6.51. The van der Waals surface area contributed by atoms with E-state index in [2.05, 4.69) is 10.3 Å². The molecule has 1 amide bonds. The molecule has 2 aromatic rings. The van der Waals surface area contributed by atoms with E-state index in [1.54, 1.807) is 0 Å². The van der Waals surface area contributed by atoms with E-state index in [0.29, 0.717) is 30.2 Å². The van der Waals surface area contributed by atoms with Gasteiger partial charge >= 0.3 is 0 Å². The molecule has 1 aromatic heterocycles. The number of carbonyl (C=O) groups excluding carboxylic acids is 1. The van der Waals surface area contributed by atoms with Crippen LogP contribution in [-0.2, 0) is 24.3 Å². The third-order valence-electron chi connectivity index (χ3n) is 3.54. The predicted molar refractivity (Wildman–Crippen MR) is 82.3 cm³/mol. The molecule has 0 saturated heterocycles. The van der Waals surface area contributed by atoms with Gasteiger partial charge in [0.2, 0.25) is 12.7 Å². The number of nitrogens with one attached hydrogen (secondary N) is 1. The standard InChI is InChI=1S/C16H17N3O4/c1-2-12-6-16(21)19(9-18-12)8-15(20)17-7-11-3-4-13-14(5-11)23-10-22-13/h3-6,9H,2,7-8,10H2,1H3,(H,17,20). The normalized spacial score (nSPS) is 12.2. The van der Waals surface area contributed by atoms with Crippen molar-refractivity contribution in [2.24, 2.45) is 0 Å². The van der Waals surface area contributed by atoms with Gasteiger partial charge in [0.1, 0.15) is 6.54 Å². The number of ether oxygens (including phenoxy) is 2. The highest BCUT2D eigenvalue weighted by Crippen LogP contribution is 2.32. The first-order valence-electron chi connectivity index (χ1n) is 7.36. The van der Waals surface area contributed by atoms with Gasteiger partial charge < -0.3 is 14.8 Å². The van der Waals surface area contributed by atoms with E-state index in [4.69, 9.17) is 9.47 Å². The van der Waals surface area contributed by atoms with Crippen LogP contribution in [0.15, 0.2) is 35.4 Å². The van der Waals surface area contributed by atoms with Gasteiger partial charge in [-0.05, 0) is 24.1 Å². The molecule has 7 heteroatoms. The molecule has 2 heterocycles. The summed E-state index contributed by atoms with van der Waals surface area (Å²) in [5, 5.41) is 2.77. The molecule has 3 rings (SSSR count). The monoisotopic (exact) mass is 315 g/mol. The molecule has 0 spiro atoms. The van der Waals surface area contributed by atoms with Crippen LogP contribution in [-0.4, -0.2) is 22.3 Å². The van der Waals surface area contributed by atoms with Gasteiger partial charge in [-0.15, -0.1) is 0 Å². The number of aryl methyl sites for hydroxylation is 1. The molecule has 0 radical (unpaired) electrons. The van der Waals surface area contributed by atoms with Crippen molar-refractivity contribution in [3.63, 3.8) is 0 Å². The Balaban J connectivity index is 1.58. The van der Waals surface area contributed by atoms with Crippen LogP contribution in [0.5, 0.6) is 11.5 Å². The Kier molecular flexibility index (Phi) is 4.27. The lowest BCUT2D eigenvalue weighted by molar-refractivity contribution is -0.121. The molecule has 0 bridgehead atoms. The largest absolute Gasteiger partial charge is 0.454 e. The summed E-state index contributed by atoms with van der Waals surface area (Å²) in [6.45, 7) is 2.43. The second-order valence-corrected chi connectivity index (χ2v) is 5.16. The molecular weight excluding hydrogens is 298 g/mol. The van der Waals surface area contributed by atoms with Crippen molar-refractivity contribution in [3.8, 4) is 11.5 Å². The van der Waals surface area contributed by atoms with E-state index in [9.17, 15) is 9.59 Å². The maximum atomic E-state index is 12.0. The Labute approximate surface area is 132 Å². The Morgan fingerprint density at radius 1 is 1.30 bits per heavy atom. The van der Waals surface area contributed by atoms with Crippen LogP contribution >= 0.6 is 0 Å². The predicted octanol–water partition coefficient (Wildman–Crippen LogP) is 0.851. The molecule has 1 aliphatic heterocycles. The molecule has 120 valence electrons. The summed E-state index contributed by atoms with van der Waals surface area (Å²) in [5.74, 6) is 1.12. The first-order valence-corrected chi connectivity index (χ1v) is 7.36. The van der Waals surface area contributed by atoms with Crippen LogP contribution in [0.1, 0.15) is 18.2 Å². The maximum Gasteiger partial charge on any atom is 0.253 e. The van der Waals surface area contributed by atoms with Crippen molar-refractivity contribution >= 4 is 5.91 Å². The fraction of sp³-hybridized carbons (Fsp3) is 0.312. The van der Waals surface area contributed by atoms with E-state index in [0.717, 1.165) is 5.56 Å². The highest BCUT2D eigenvalue weighted by molar-refractivity contribution is 5.75. The van der Waals surface area contributed by atoms with E-state index in [1.807, 2.05) is 25.1 Å². The van der Waals surface area contributed by atoms with Gasteiger partial charge in [0.25, 0.3) is 5.56 Å². The van der Waals surface area contributed by atoms with E-state index < -0.39 is 0 Å². The molecule has 1 aliphatic rings. The average Bonchev–Trinajstić information content (AvgIpc) is 3.02. The highest BCUT2D eigenvalue weighted by Gasteiger charge is 2.13. The number of hydrogen-bond donors (Lipinski definition) is 1. The van der Waals surface area contributed by atoms with Crippen LogP contribution in [0.3, 0.4) is 0 Å². The van der Waals surface area contributed by atoms with Crippen molar-refractivity contribution in [2.45, 2.75) is 26.4 Å². The Hall–Kier alpha value is -2.83. The average molecular weight is 315 g/mol. The van der Waals surface area contributed by atoms with E-state index in [1.165, 1.54) is 17.0 Å². The summed E-state index contributed by atoms with van der Waals surface area (Å²) < 4.78 is 11.8. The molecule has 1 N–H and O–H groups in total. The summed E-state index contributed by atoms with van der Waals surface area (Å²) in [5.41, 5.74) is 1.39. The SMILES string of the molecule is CCc1cc(=O)n(CC(=O)NCc2ccc3c(c2)OCO3)cn1. The van der Waals surface area contributed by atoms with Crippen LogP contribution < -0.4 is 20.3 Å². The zero-order chi connectivity index (χ0) is 16.2. The summed E-state index contributed by atoms with van der Waals surface area (Å²) in [4.78, 5) is 27.9. The molecule has 7 nitrogen and oxygen atoms in total. The smallest absolute Gasteiger partial charge is 0.253 e. The van der Waals surface area contributed by atoms with E-state index in [-0.39, 0.29) is 24.8 Å². The van der Waals surface area contributed by atoms with Crippen molar-refractivity contribution in [3.05, 3.63) is 52.2 Å². The minimum atomic E-state index is -0.254. The lowest BCUT2D eigenvalue weighted by atomic mass is 10.2. The van der Waals surface area contributed by atoms with Gasteiger partial charge in [-0.2, -0.15) is 0 Å². The molecule has 0 unspecified atom stereocenters.